The van der Waals surface area contributed by atoms with Crippen LogP contribution in [0, 0.1) is 5.82 Å². The molecule has 0 spiro atoms. The lowest BCUT2D eigenvalue weighted by Gasteiger charge is -2.30. The number of aliphatic hydroxyl groups is 1. The van der Waals surface area contributed by atoms with Gasteiger partial charge in [-0.3, -0.25) is 0 Å². The van der Waals surface area contributed by atoms with E-state index >= 15 is 0 Å². The molecule has 1 N–H and O–H groups in total. The Hall–Kier alpha value is -1.59. The Morgan fingerprint density at radius 3 is 2.81 bits per heavy atom. The number of hydrogen-bond acceptors (Lipinski definition) is 3. The van der Waals surface area contributed by atoms with E-state index in [2.05, 4.69) is 15.9 Å². The van der Waals surface area contributed by atoms with Gasteiger partial charge in [-0.15, -0.1) is 0 Å². The van der Waals surface area contributed by atoms with Crippen LogP contribution in [0.4, 0.5) is 4.39 Å². The fourth-order valence-corrected chi connectivity index (χ4v) is 2.88. The van der Waals surface area contributed by atoms with Gasteiger partial charge in [0.25, 0.3) is 0 Å². The Kier molecular flexibility index (Phi) is 3.87. The number of halogens is 2. The van der Waals surface area contributed by atoms with E-state index in [1.807, 2.05) is 12.1 Å². The molecule has 0 fully saturated rings. The van der Waals surface area contributed by atoms with Gasteiger partial charge in [0.15, 0.2) is 11.6 Å². The number of fused-ring (bicyclic) bond motifs is 1. The number of rotatable bonds is 2. The van der Waals surface area contributed by atoms with Gasteiger partial charge < -0.3 is 14.6 Å². The number of ether oxygens (including phenoxy) is 2. The minimum atomic E-state index is -0.638. The highest BCUT2D eigenvalue weighted by molar-refractivity contribution is 9.10. The van der Waals surface area contributed by atoms with Crippen molar-refractivity contribution in [2.75, 3.05) is 7.11 Å². The Morgan fingerprint density at radius 1 is 1.29 bits per heavy atom. The first-order valence-corrected chi connectivity index (χ1v) is 7.35. The number of benzene rings is 2. The summed E-state index contributed by atoms with van der Waals surface area (Å²) in [4.78, 5) is 0. The van der Waals surface area contributed by atoms with Gasteiger partial charge in [-0.05, 0) is 35.9 Å². The van der Waals surface area contributed by atoms with E-state index in [1.165, 1.54) is 13.2 Å². The second kappa shape index (κ2) is 5.66. The molecule has 2 atom stereocenters. The lowest BCUT2D eigenvalue weighted by atomic mass is 9.95. The highest BCUT2D eigenvalue weighted by Crippen LogP contribution is 2.42. The van der Waals surface area contributed by atoms with Crippen molar-refractivity contribution in [3.8, 4) is 11.5 Å². The van der Waals surface area contributed by atoms with Gasteiger partial charge in [0.05, 0.1) is 13.2 Å². The van der Waals surface area contributed by atoms with E-state index in [4.69, 9.17) is 9.47 Å². The quantitative estimate of drug-likeness (QED) is 0.882. The van der Waals surface area contributed by atoms with Crippen molar-refractivity contribution in [3.63, 3.8) is 0 Å². The summed E-state index contributed by atoms with van der Waals surface area (Å²) in [6.07, 6.45) is -0.634. The van der Waals surface area contributed by atoms with Crippen LogP contribution in [0.2, 0.25) is 0 Å². The number of methoxy groups -OCH3 is 1. The molecule has 2 unspecified atom stereocenters. The van der Waals surface area contributed by atoms with Gasteiger partial charge in [-0.2, -0.15) is 0 Å². The molecular formula is C16H14BrFO3. The smallest absolute Gasteiger partial charge is 0.165 e. The Labute approximate surface area is 130 Å². The fourth-order valence-electron chi connectivity index (χ4n) is 2.51. The van der Waals surface area contributed by atoms with Gasteiger partial charge in [-0.25, -0.2) is 4.39 Å². The maximum atomic E-state index is 13.8. The molecule has 0 radical (unpaired) electrons. The molecule has 0 saturated carbocycles. The highest BCUT2D eigenvalue weighted by atomic mass is 79.9. The summed E-state index contributed by atoms with van der Waals surface area (Å²) in [5.41, 5.74) is 1.43. The van der Waals surface area contributed by atoms with Crippen LogP contribution in [0.15, 0.2) is 40.9 Å². The molecule has 0 aromatic heterocycles. The molecule has 0 bridgehead atoms. The number of aliphatic hydroxyl groups excluding tert-OH is 1. The number of hydrogen-bond donors (Lipinski definition) is 1. The monoisotopic (exact) mass is 352 g/mol. The van der Waals surface area contributed by atoms with Crippen LogP contribution in [0.3, 0.4) is 0 Å². The summed E-state index contributed by atoms with van der Waals surface area (Å²) >= 11 is 3.37. The zero-order valence-corrected chi connectivity index (χ0v) is 12.9. The van der Waals surface area contributed by atoms with Gasteiger partial charge in [0.1, 0.15) is 11.9 Å². The molecular weight excluding hydrogens is 339 g/mol. The zero-order valence-electron chi connectivity index (χ0n) is 11.3. The minimum absolute atomic E-state index is 0.194. The second-order valence-corrected chi connectivity index (χ2v) is 5.85. The Morgan fingerprint density at radius 2 is 2.10 bits per heavy atom. The molecule has 5 heteroatoms. The van der Waals surface area contributed by atoms with Crippen molar-refractivity contribution >= 4 is 15.9 Å². The van der Waals surface area contributed by atoms with Gasteiger partial charge in [-0.1, -0.05) is 22.0 Å². The predicted octanol–water partition coefficient (Wildman–Crippen LogP) is 4.15. The average molecular weight is 353 g/mol. The third-order valence-corrected chi connectivity index (χ3v) is 4.08. The summed E-state index contributed by atoms with van der Waals surface area (Å²) in [6.45, 7) is 0. The second-order valence-electron chi connectivity index (χ2n) is 4.93. The van der Waals surface area contributed by atoms with Crippen molar-refractivity contribution < 1.29 is 19.0 Å². The van der Waals surface area contributed by atoms with Gasteiger partial charge in [0.2, 0.25) is 0 Å². The summed E-state index contributed by atoms with van der Waals surface area (Å²) in [6, 6.07) is 10.2. The van der Waals surface area contributed by atoms with Crippen LogP contribution in [0.5, 0.6) is 11.5 Å². The Balaban J connectivity index is 1.92. The van der Waals surface area contributed by atoms with Crippen molar-refractivity contribution in [1.82, 2.24) is 0 Å². The van der Waals surface area contributed by atoms with Crippen molar-refractivity contribution in [2.24, 2.45) is 0 Å². The minimum Gasteiger partial charge on any atom is -0.494 e. The van der Waals surface area contributed by atoms with Crippen LogP contribution in [-0.4, -0.2) is 12.2 Å². The van der Waals surface area contributed by atoms with E-state index in [1.54, 1.807) is 18.2 Å². The molecule has 1 heterocycles. The van der Waals surface area contributed by atoms with E-state index in [0.29, 0.717) is 17.7 Å². The average Bonchev–Trinajstić information content (AvgIpc) is 2.47. The third-order valence-electron chi connectivity index (χ3n) is 3.59. The zero-order chi connectivity index (χ0) is 15.0. The molecule has 3 rings (SSSR count). The first-order chi connectivity index (χ1) is 10.1. The van der Waals surface area contributed by atoms with E-state index in [9.17, 15) is 9.50 Å². The van der Waals surface area contributed by atoms with Gasteiger partial charge >= 0.3 is 0 Å². The largest absolute Gasteiger partial charge is 0.494 e. The lowest BCUT2D eigenvalue weighted by Crippen LogP contribution is -2.19. The highest BCUT2D eigenvalue weighted by Gasteiger charge is 2.28. The molecule has 110 valence electrons. The van der Waals surface area contributed by atoms with E-state index < -0.39 is 11.9 Å². The van der Waals surface area contributed by atoms with Crippen molar-refractivity contribution in [1.29, 1.82) is 0 Å². The molecule has 0 amide bonds. The predicted molar refractivity (Wildman–Crippen MR) is 80.0 cm³/mol. The molecule has 0 aliphatic carbocycles. The first-order valence-electron chi connectivity index (χ1n) is 6.56. The summed E-state index contributed by atoms with van der Waals surface area (Å²) in [5.74, 6) is 0.382. The van der Waals surface area contributed by atoms with Crippen LogP contribution in [-0.2, 0) is 0 Å². The molecule has 1 aliphatic rings. The topological polar surface area (TPSA) is 38.7 Å². The fraction of sp³-hybridized carbons (Fsp3) is 0.250. The van der Waals surface area contributed by atoms with Crippen molar-refractivity contribution in [3.05, 3.63) is 57.8 Å². The normalized spacial score (nSPS) is 20.6. The van der Waals surface area contributed by atoms with E-state index in [0.717, 1.165) is 10.0 Å². The standard InChI is InChI=1S/C16H14BrFO3/c1-20-15-4-2-9(6-12(15)18)16-8-13(19)11-7-10(17)3-5-14(11)21-16/h2-7,13,16,19H,8H2,1H3. The molecule has 2 aromatic carbocycles. The molecule has 21 heavy (non-hydrogen) atoms. The maximum absolute atomic E-state index is 13.8. The molecule has 1 aliphatic heterocycles. The molecule has 2 aromatic rings. The van der Waals surface area contributed by atoms with Crippen LogP contribution < -0.4 is 9.47 Å². The lowest BCUT2D eigenvalue weighted by molar-refractivity contribution is 0.0655. The SMILES string of the molecule is COc1ccc(C2CC(O)c3cc(Br)ccc3O2)cc1F. The van der Waals surface area contributed by atoms with Crippen LogP contribution in [0.25, 0.3) is 0 Å². The van der Waals surface area contributed by atoms with Crippen LogP contribution >= 0.6 is 15.9 Å². The maximum Gasteiger partial charge on any atom is 0.165 e. The third kappa shape index (κ3) is 2.76. The molecule has 0 saturated heterocycles. The van der Waals surface area contributed by atoms with E-state index in [-0.39, 0.29) is 11.9 Å². The summed E-state index contributed by atoms with van der Waals surface area (Å²) in [5, 5.41) is 10.3. The summed E-state index contributed by atoms with van der Waals surface area (Å²) in [7, 11) is 1.42. The Bertz CT molecular complexity index is 675. The van der Waals surface area contributed by atoms with Gasteiger partial charge in [0, 0.05) is 16.5 Å². The molecule has 3 nitrogen and oxygen atoms in total. The van der Waals surface area contributed by atoms with Crippen LogP contribution in [0.1, 0.15) is 29.8 Å². The first kappa shape index (κ1) is 14.4. The summed E-state index contributed by atoms with van der Waals surface area (Å²) < 4.78 is 25.5. The van der Waals surface area contributed by atoms with Crippen molar-refractivity contribution in [2.45, 2.75) is 18.6 Å².